The molecule has 0 bridgehead atoms. The van der Waals surface area contributed by atoms with Gasteiger partial charge in [-0.3, -0.25) is 4.79 Å². The Hall–Kier alpha value is -2.60. The Balaban J connectivity index is 2.19. The van der Waals surface area contributed by atoms with E-state index in [4.69, 9.17) is 4.18 Å². The minimum absolute atomic E-state index is 0.0652. The van der Waals surface area contributed by atoms with Crippen molar-refractivity contribution >= 4 is 27.8 Å². The lowest BCUT2D eigenvalue weighted by molar-refractivity contribution is -0.114. The average Bonchev–Trinajstić information content (AvgIpc) is 2.48. The summed E-state index contributed by atoms with van der Waals surface area (Å²) in [4.78, 5) is 11.1. The van der Waals surface area contributed by atoms with Crippen molar-refractivity contribution in [1.29, 1.82) is 0 Å². The fraction of sp³-hybridized carbons (Fsp3) is 0.0625. The molecule has 0 fully saturated rings. The number of amides is 1. The molecular weight excluding hydrogens is 302 g/mol. The molecule has 2 aromatic rings. The van der Waals surface area contributed by atoms with Gasteiger partial charge in [-0.1, -0.05) is 42.5 Å². The summed E-state index contributed by atoms with van der Waals surface area (Å²) in [5.74, 6) is -0.247. The Labute approximate surface area is 129 Å². The van der Waals surface area contributed by atoms with Gasteiger partial charge in [0.15, 0.2) is 5.75 Å². The van der Waals surface area contributed by atoms with Gasteiger partial charge < -0.3 is 9.50 Å². The molecule has 6 heteroatoms. The number of para-hydroxylation sites is 2. The highest BCUT2D eigenvalue weighted by Crippen LogP contribution is 2.25. The van der Waals surface area contributed by atoms with Crippen LogP contribution in [0.3, 0.4) is 0 Å². The summed E-state index contributed by atoms with van der Waals surface area (Å²) in [6, 6.07) is 15.3. The lowest BCUT2D eigenvalue weighted by Crippen LogP contribution is -2.10. The molecule has 2 rings (SSSR count). The van der Waals surface area contributed by atoms with E-state index >= 15 is 0 Å². The van der Waals surface area contributed by atoms with Crippen molar-refractivity contribution in [2.75, 3.05) is 5.32 Å². The molecule has 0 atom stereocenters. The molecule has 0 radical (unpaired) electrons. The SMILES string of the molecule is CC(=O)Nc1ccccc1OS(=O)(=O)/C=C/c1ccccc1. The van der Waals surface area contributed by atoms with Crippen LogP contribution in [0, 0.1) is 0 Å². The Bertz CT molecular complexity index is 783. The largest absolute Gasteiger partial charge is 0.377 e. The van der Waals surface area contributed by atoms with Crippen LogP contribution in [0.25, 0.3) is 6.08 Å². The van der Waals surface area contributed by atoms with Gasteiger partial charge in [-0.15, -0.1) is 0 Å². The number of carbonyl (C=O) groups is 1. The summed E-state index contributed by atoms with van der Waals surface area (Å²) >= 11 is 0. The van der Waals surface area contributed by atoms with Gasteiger partial charge in [0, 0.05) is 6.92 Å². The number of hydrogen-bond acceptors (Lipinski definition) is 4. The van der Waals surface area contributed by atoms with Gasteiger partial charge in [0.05, 0.1) is 11.1 Å². The minimum atomic E-state index is -3.92. The molecule has 0 aliphatic rings. The van der Waals surface area contributed by atoms with Gasteiger partial charge in [-0.05, 0) is 23.8 Å². The summed E-state index contributed by atoms with van der Waals surface area (Å²) in [5, 5.41) is 3.50. The zero-order valence-corrected chi connectivity index (χ0v) is 12.7. The van der Waals surface area contributed by atoms with Crippen molar-refractivity contribution in [2.24, 2.45) is 0 Å². The molecule has 2 aromatic carbocycles. The molecule has 1 amide bonds. The number of rotatable bonds is 5. The maximum Gasteiger partial charge on any atom is 0.332 e. The van der Waals surface area contributed by atoms with Crippen molar-refractivity contribution in [1.82, 2.24) is 0 Å². The Morgan fingerprint density at radius 1 is 1.05 bits per heavy atom. The molecule has 0 unspecified atom stereocenters. The molecule has 0 aliphatic carbocycles. The third kappa shape index (κ3) is 4.75. The van der Waals surface area contributed by atoms with Gasteiger partial charge >= 0.3 is 10.1 Å². The molecule has 0 aromatic heterocycles. The topological polar surface area (TPSA) is 72.5 Å². The van der Waals surface area contributed by atoms with Crippen LogP contribution in [-0.4, -0.2) is 14.3 Å². The summed E-state index contributed by atoms with van der Waals surface area (Å²) < 4.78 is 29.0. The smallest absolute Gasteiger partial charge is 0.332 e. The zero-order valence-electron chi connectivity index (χ0n) is 11.9. The Kier molecular flexibility index (Phi) is 4.95. The third-order valence-corrected chi connectivity index (χ3v) is 3.51. The van der Waals surface area contributed by atoms with Crippen molar-refractivity contribution in [2.45, 2.75) is 6.92 Å². The van der Waals surface area contributed by atoms with Crippen molar-refractivity contribution in [3.8, 4) is 5.75 Å². The van der Waals surface area contributed by atoms with Crippen LogP contribution in [-0.2, 0) is 14.9 Å². The summed E-state index contributed by atoms with van der Waals surface area (Å²) in [6.07, 6.45) is 1.44. The van der Waals surface area contributed by atoms with E-state index < -0.39 is 10.1 Å². The highest BCUT2D eigenvalue weighted by atomic mass is 32.2. The van der Waals surface area contributed by atoms with Gasteiger partial charge in [-0.25, -0.2) is 0 Å². The Morgan fingerprint density at radius 2 is 1.68 bits per heavy atom. The van der Waals surface area contributed by atoms with Gasteiger partial charge in [0.1, 0.15) is 0 Å². The second-order valence-corrected chi connectivity index (χ2v) is 5.89. The van der Waals surface area contributed by atoms with Crippen molar-refractivity contribution < 1.29 is 17.4 Å². The van der Waals surface area contributed by atoms with Crippen LogP contribution in [0.1, 0.15) is 12.5 Å². The maximum atomic E-state index is 12.0. The number of carbonyl (C=O) groups excluding carboxylic acids is 1. The molecule has 22 heavy (non-hydrogen) atoms. The first-order chi connectivity index (χ1) is 10.5. The van der Waals surface area contributed by atoms with Crippen molar-refractivity contribution in [3.05, 3.63) is 65.6 Å². The fourth-order valence-electron chi connectivity index (χ4n) is 1.71. The Morgan fingerprint density at radius 3 is 2.36 bits per heavy atom. The molecule has 0 aliphatic heterocycles. The molecule has 5 nitrogen and oxygen atoms in total. The monoisotopic (exact) mass is 317 g/mol. The molecule has 0 saturated heterocycles. The lowest BCUT2D eigenvalue weighted by Gasteiger charge is -2.09. The molecular formula is C16H15NO4S. The fourth-order valence-corrected chi connectivity index (χ4v) is 2.49. The zero-order chi connectivity index (χ0) is 16.0. The van der Waals surface area contributed by atoms with Gasteiger partial charge in [-0.2, -0.15) is 8.42 Å². The number of anilines is 1. The predicted octanol–water partition coefficient (Wildman–Crippen LogP) is 3.02. The molecule has 0 heterocycles. The van der Waals surface area contributed by atoms with Crippen LogP contribution in [0.5, 0.6) is 5.75 Å². The summed E-state index contributed by atoms with van der Waals surface area (Å²) in [7, 11) is -3.92. The van der Waals surface area contributed by atoms with E-state index in [0.717, 1.165) is 11.0 Å². The van der Waals surface area contributed by atoms with Crippen LogP contribution < -0.4 is 9.50 Å². The maximum absolute atomic E-state index is 12.0. The second-order valence-electron chi connectivity index (χ2n) is 4.47. The van der Waals surface area contributed by atoms with E-state index in [1.807, 2.05) is 6.07 Å². The predicted molar refractivity (Wildman–Crippen MR) is 85.8 cm³/mol. The van der Waals surface area contributed by atoms with Gasteiger partial charge in [0.25, 0.3) is 0 Å². The first kappa shape index (κ1) is 15.8. The van der Waals surface area contributed by atoms with Crippen LogP contribution in [0.4, 0.5) is 5.69 Å². The average molecular weight is 317 g/mol. The third-order valence-electron chi connectivity index (χ3n) is 2.63. The van der Waals surface area contributed by atoms with Crippen LogP contribution >= 0.6 is 0 Å². The summed E-state index contributed by atoms with van der Waals surface area (Å²) in [6.45, 7) is 1.33. The van der Waals surface area contributed by atoms with E-state index in [2.05, 4.69) is 5.32 Å². The van der Waals surface area contributed by atoms with E-state index in [9.17, 15) is 13.2 Å². The highest BCUT2D eigenvalue weighted by Gasteiger charge is 2.12. The van der Waals surface area contributed by atoms with E-state index in [1.54, 1.807) is 42.5 Å². The van der Waals surface area contributed by atoms with Crippen molar-refractivity contribution in [3.63, 3.8) is 0 Å². The van der Waals surface area contributed by atoms with Gasteiger partial charge in [0.2, 0.25) is 5.91 Å². The molecule has 0 saturated carbocycles. The number of benzene rings is 2. The van der Waals surface area contributed by atoms with E-state index in [0.29, 0.717) is 5.69 Å². The first-order valence-corrected chi connectivity index (χ1v) is 7.98. The molecule has 114 valence electrons. The molecule has 1 N–H and O–H groups in total. The van der Waals surface area contributed by atoms with E-state index in [1.165, 1.54) is 19.1 Å². The minimum Gasteiger partial charge on any atom is -0.377 e. The van der Waals surface area contributed by atoms with Crippen LogP contribution in [0.15, 0.2) is 60.0 Å². The highest BCUT2D eigenvalue weighted by molar-refractivity contribution is 7.90. The van der Waals surface area contributed by atoms with Crippen LogP contribution in [0.2, 0.25) is 0 Å². The number of nitrogens with one attached hydrogen (secondary N) is 1. The number of hydrogen-bond donors (Lipinski definition) is 1. The summed E-state index contributed by atoms with van der Waals surface area (Å²) in [5.41, 5.74) is 1.04. The van der Waals surface area contributed by atoms with E-state index in [-0.39, 0.29) is 11.7 Å². The quantitative estimate of drug-likeness (QED) is 0.860. The first-order valence-electron chi connectivity index (χ1n) is 6.50. The molecule has 0 spiro atoms. The lowest BCUT2D eigenvalue weighted by atomic mass is 10.2. The second kappa shape index (κ2) is 6.91. The normalized spacial score (nSPS) is 11.3. The standard InChI is InChI=1S/C16H15NO4S/c1-13(18)17-15-9-5-6-10-16(15)21-22(19,20)12-11-14-7-3-2-4-8-14/h2-12H,1H3,(H,17,18)/b12-11+.